The van der Waals surface area contributed by atoms with Crippen molar-refractivity contribution in [3.63, 3.8) is 0 Å². The molecule has 2 N–H and O–H groups in total. The molecule has 0 aliphatic rings. The summed E-state index contributed by atoms with van der Waals surface area (Å²) in [6.07, 6.45) is 1.77. The molecule has 2 aromatic rings. The fraction of sp³-hybridized carbons (Fsp3) is 0.333. The van der Waals surface area contributed by atoms with E-state index in [1.54, 1.807) is 36.4 Å². The summed E-state index contributed by atoms with van der Waals surface area (Å²) in [6, 6.07) is 12.0. The monoisotopic (exact) mass is 383 g/mol. The highest BCUT2D eigenvalue weighted by atomic mass is 16.6. The zero-order valence-electron chi connectivity index (χ0n) is 16.3. The number of nitro groups is 1. The van der Waals surface area contributed by atoms with Crippen LogP contribution in [0.1, 0.15) is 55.6 Å². The van der Waals surface area contributed by atoms with Crippen LogP contribution in [0.4, 0.5) is 11.4 Å². The normalized spacial score (nSPS) is 12.7. The number of anilines is 1. The van der Waals surface area contributed by atoms with E-state index in [-0.39, 0.29) is 23.4 Å². The van der Waals surface area contributed by atoms with Gasteiger partial charge in [-0.25, -0.2) is 0 Å². The number of nitrogens with one attached hydrogen (secondary N) is 2. The molecule has 0 aliphatic carbocycles. The van der Waals surface area contributed by atoms with E-state index in [1.807, 2.05) is 13.8 Å². The molecule has 0 saturated heterocycles. The average molecular weight is 383 g/mol. The van der Waals surface area contributed by atoms with E-state index in [4.69, 9.17) is 0 Å². The first-order valence-electron chi connectivity index (χ1n) is 9.24. The lowest BCUT2D eigenvalue weighted by atomic mass is 10.0. The minimum Gasteiger partial charge on any atom is -0.369 e. The van der Waals surface area contributed by atoms with Gasteiger partial charge < -0.3 is 10.6 Å². The van der Waals surface area contributed by atoms with Gasteiger partial charge in [-0.3, -0.25) is 19.7 Å². The molecule has 7 nitrogen and oxygen atoms in total. The molecule has 7 heteroatoms. The third kappa shape index (κ3) is 5.39. The number of rotatable bonds is 9. The van der Waals surface area contributed by atoms with Gasteiger partial charge in [0, 0.05) is 29.4 Å². The molecule has 2 atom stereocenters. The van der Waals surface area contributed by atoms with Crippen LogP contribution >= 0.6 is 0 Å². The second kappa shape index (κ2) is 9.64. The van der Waals surface area contributed by atoms with Gasteiger partial charge in [-0.1, -0.05) is 25.5 Å². The van der Waals surface area contributed by atoms with E-state index in [0.717, 1.165) is 12.8 Å². The Morgan fingerprint density at radius 3 is 2.32 bits per heavy atom. The van der Waals surface area contributed by atoms with Gasteiger partial charge in [0.2, 0.25) is 5.91 Å². The van der Waals surface area contributed by atoms with Crippen LogP contribution in [-0.2, 0) is 4.79 Å². The Morgan fingerprint density at radius 1 is 1.11 bits per heavy atom. The van der Waals surface area contributed by atoms with Gasteiger partial charge >= 0.3 is 0 Å². The van der Waals surface area contributed by atoms with Gasteiger partial charge in [0.25, 0.3) is 5.69 Å². The molecule has 0 fully saturated rings. The SMILES string of the molecule is CCCC(C)NC(=O)C(Nc1ccccc1C(C)=O)c1ccc([N+](=O)[O-])cc1. The summed E-state index contributed by atoms with van der Waals surface area (Å²) in [5, 5.41) is 17.0. The number of carbonyl (C=O) groups is 2. The molecule has 2 unspecified atom stereocenters. The van der Waals surface area contributed by atoms with Gasteiger partial charge in [-0.2, -0.15) is 0 Å². The molecular weight excluding hydrogens is 358 g/mol. The number of para-hydroxylation sites is 1. The van der Waals surface area contributed by atoms with E-state index >= 15 is 0 Å². The van der Waals surface area contributed by atoms with Crippen molar-refractivity contribution in [2.24, 2.45) is 0 Å². The number of ketones is 1. The lowest BCUT2D eigenvalue weighted by Gasteiger charge is -2.23. The van der Waals surface area contributed by atoms with Crippen molar-refractivity contribution in [2.45, 2.75) is 45.7 Å². The summed E-state index contributed by atoms with van der Waals surface area (Å²) >= 11 is 0. The number of Topliss-reactive ketones (excluding diaryl/α,β-unsaturated/α-hetero) is 1. The second-order valence-corrected chi connectivity index (χ2v) is 6.73. The Kier molecular flexibility index (Phi) is 7.26. The Bertz CT molecular complexity index is 849. The molecule has 1 amide bonds. The predicted octanol–water partition coefficient (Wildman–Crippen LogP) is 4.26. The van der Waals surface area contributed by atoms with Gasteiger partial charge in [0.15, 0.2) is 5.78 Å². The molecule has 0 heterocycles. The van der Waals surface area contributed by atoms with Crippen LogP contribution in [0.5, 0.6) is 0 Å². The highest BCUT2D eigenvalue weighted by Gasteiger charge is 2.24. The van der Waals surface area contributed by atoms with Crippen LogP contribution in [0.2, 0.25) is 0 Å². The van der Waals surface area contributed by atoms with E-state index in [1.165, 1.54) is 19.1 Å². The Morgan fingerprint density at radius 2 is 1.75 bits per heavy atom. The van der Waals surface area contributed by atoms with Crippen LogP contribution in [0.3, 0.4) is 0 Å². The number of hydrogen-bond acceptors (Lipinski definition) is 5. The molecule has 0 spiro atoms. The molecule has 0 saturated carbocycles. The van der Waals surface area contributed by atoms with E-state index in [0.29, 0.717) is 16.8 Å². The first-order valence-corrected chi connectivity index (χ1v) is 9.24. The van der Waals surface area contributed by atoms with Crippen molar-refractivity contribution in [1.29, 1.82) is 0 Å². The first-order chi connectivity index (χ1) is 13.3. The minimum atomic E-state index is -0.791. The third-order valence-electron chi connectivity index (χ3n) is 4.42. The number of carbonyl (C=O) groups excluding carboxylic acids is 2. The number of nitro benzene ring substituents is 1. The molecule has 0 aliphatic heterocycles. The summed E-state index contributed by atoms with van der Waals surface area (Å²) in [6.45, 7) is 5.43. The quantitative estimate of drug-likeness (QED) is 0.383. The second-order valence-electron chi connectivity index (χ2n) is 6.73. The smallest absolute Gasteiger partial charge is 0.269 e. The summed E-state index contributed by atoms with van der Waals surface area (Å²) in [5.74, 6) is -0.376. The molecule has 148 valence electrons. The largest absolute Gasteiger partial charge is 0.369 e. The molecule has 2 rings (SSSR count). The van der Waals surface area contributed by atoms with Crippen LogP contribution in [0, 0.1) is 10.1 Å². The standard InChI is InChI=1S/C21H25N3O4/c1-4-7-14(2)22-21(26)20(16-10-12-17(13-11-16)24(27)28)23-19-9-6-5-8-18(19)15(3)25/h5-6,8-14,20,23H,4,7H2,1-3H3,(H,22,26). The van der Waals surface area contributed by atoms with Crippen molar-refractivity contribution >= 4 is 23.1 Å². The highest BCUT2D eigenvalue weighted by molar-refractivity contribution is 6.00. The minimum absolute atomic E-state index is 0.0112. The maximum atomic E-state index is 12.9. The molecule has 0 aromatic heterocycles. The van der Waals surface area contributed by atoms with Gasteiger partial charge in [0.05, 0.1) is 4.92 Å². The third-order valence-corrected chi connectivity index (χ3v) is 4.42. The molecule has 2 aromatic carbocycles. The molecule has 28 heavy (non-hydrogen) atoms. The zero-order chi connectivity index (χ0) is 20.7. The van der Waals surface area contributed by atoms with E-state index in [9.17, 15) is 19.7 Å². The van der Waals surface area contributed by atoms with Crippen LogP contribution < -0.4 is 10.6 Å². The lowest BCUT2D eigenvalue weighted by molar-refractivity contribution is -0.384. The van der Waals surface area contributed by atoms with E-state index in [2.05, 4.69) is 10.6 Å². The predicted molar refractivity (Wildman–Crippen MR) is 108 cm³/mol. The van der Waals surface area contributed by atoms with Gasteiger partial charge in [-0.05, 0) is 50.1 Å². The Balaban J connectivity index is 2.37. The summed E-state index contributed by atoms with van der Waals surface area (Å²) in [7, 11) is 0. The van der Waals surface area contributed by atoms with Crippen LogP contribution in [-0.4, -0.2) is 22.7 Å². The van der Waals surface area contributed by atoms with Crippen molar-refractivity contribution in [2.75, 3.05) is 5.32 Å². The topological polar surface area (TPSA) is 101 Å². The maximum absolute atomic E-state index is 12.9. The number of non-ortho nitro benzene ring substituents is 1. The average Bonchev–Trinajstić information content (AvgIpc) is 2.66. The summed E-state index contributed by atoms with van der Waals surface area (Å²) < 4.78 is 0. The number of benzene rings is 2. The van der Waals surface area contributed by atoms with Crippen molar-refractivity contribution in [3.8, 4) is 0 Å². The van der Waals surface area contributed by atoms with Gasteiger partial charge in [0.1, 0.15) is 6.04 Å². The Labute approximate surface area is 164 Å². The molecule has 0 bridgehead atoms. The summed E-state index contributed by atoms with van der Waals surface area (Å²) in [5.41, 5.74) is 1.54. The number of nitrogens with zero attached hydrogens (tertiary/aromatic N) is 1. The summed E-state index contributed by atoms with van der Waals surface area (Å²) in [4.78, 5) is 35.3. The van der Waals surface area contributed by atoms with Crippen LogP contribution in [0.15, 0.2) is 48.5 Å². The lowest BCUT2D eigenvalue weighted by Crippen LogP contribution is -2.39. The molecular formula is C21H25N3O4. The Hall–Kier alpha value is -3.22. The maximum Gasteiger partial charge on any atom is 0.269 e. The highest BCUT2D eigenvalue weighted by Crippen LogP contribution is 2.25. The molecule has 0 radical (unpaired) electrons. The number of hydrogen-bond donors (Lipinski definition) is 2. The van der Waals surface area contributed by atoms with Crippen molar-refractivity contribution in [1.82, 2.24) is 5.32 Å². The van der Waals surface area contributed by atoms with Crippen molar-refractivity contribution < 1.29 is 14.5 Å². The fourth-order valence-corrected chi connectivity index (χ4v) is 2.99. The zero-order valence-corrected chi connectivity index (χ0v) is 16.3. The van der Waals surface area contributed by atoms with Crippen molar-refractivity contribution in [3.05, 3.63) is 69.8 Å². The fourth-order valence-electron chi connectivity index (χ4n) is 2.99. The number of amides is 1. The van der Waals surface area contributed by atoms with Gasteiger partial charge in [-0.15, -0.1) is 0 Å². The van der Waals surface area contributed by atoms with E-state index < -0.39 is 11.0 Å². The van der Waals surface area contributed by atoms with Crippen LogP contribution in [0.25, 0.3) is 0 Å². The first kappa shape index (κ1) is 21.1.